The van der Waals surface area contributed by atoms with Crippen LogP contribution in [0.15, 0.2) is 24.1 Å². The molecule has 0 spiro atoms. The fourth-order valence-corrected chi connectivity index (χ4v) is 1.25. The maximum atomic E-state index is 10.3. The van der Waals surface area contributed by atoms with Gasteiger partial charge in [0.2, 0.25) is 0 Å². The highest BCUT2D eigenvalue weighted by atomic mass is 32.1. The summed E-state index contributed by atoms with van der Waals surface area (Å²) in [4.78, 5) is 11.0. The Morgan fingerprint density at radius 3 is 2.64 bits per heavy atom. The molecule has 2 nitrogen and oxygen atoms in total. The second-order valence-electron chi connectivity index (χ2n) is 1.76. The minimum atomic E-state index is -0.956. The molecule has 1 aromatic heterocycles. The third-order valence-corrected chi connectivity index (χ3v) is 2.01. The van der Waals surface area contributed by atoms with Crippen molar-refractivity contribution in [3.63, 3.8) is 0 Å². The Bertz CT molecular complexity index is 249. The first kappa shape index (κ1) is 9.91. The number of carboxylic acids is 1. The zero-order valence-corrected chi connectivity index (χ0v) is 6.02. The summed E-state index contributed by atoms with van der Waals surface area (Å²) in [5, 5.41) is 10.3. The van der Waals surface area contributed by atoms with Gasteiger partial charge in [0.25, 0.3) is 0 Å². The van der Waals surface area contributed by atoms with Crippen molar-refractivity contribution in [1.29, 1.82) is 0 Å². The topological polar surface area (TPSA) is 37.3 Å². The first-order valence-electron chi connectivity index (χ1n) is 2.68. The Labute approximate surface area is 69.8 Å². The predicted octanol–water partition coefficient (Wildman–Crippen LogP) is 2.48. The lowest BCUT2D eigenvalue weighted by atomic mass is 10.2. The van der Waals surface area contributed by atoms with Crippen LogP contribution in [0.2, 0.25) is 0 Å². The van der Waals surface area contributed by atoms with Crippen LogP contribution in [0.25, 0.3) is 5.57 Å². The summed E-state index contributed by atoms with van der Waals surface area (Å²) in [5.41, 5.74) is 0.162. The second kappa shape index (κ2) is 3.93. The van der Waals surface area contributed by atoms with Gasteiger partial charge in [-0.15, -0.1) is 11.3 Å². The molecule has 1 aromatic rings. The second-order valence-corrected chi connectivity index (χ2v) is 2.71. The van der Waals surface area contributed by atoms with E-state index in [2.05, 4.69) is 6.58 Å². The van der Waals surface area contributed by atoms with Gasteiger partial charge in [0.15, 0.2) is 0 Å². The fourth-order valence-electron chi connectivity index (χ4n) is 0.556. The molecule has 1 heterocycles. The van der Waals surface area contributed by atoms with E-state index in [1.165, 1.54) is 11.3 Å². The third-order valence-electron chi connectivity index (χ3n) is 1.08. The van der Waals surface area contributed by atoms with E-state index < -0.39 is 5.97 Å². The molecule has 3 heteroatoms. The number of carbonyl (C=O) groups is 1. The van der Waals surface area contributed by atoms with Crippen LogP contribution in [-0.4, -0.2) is 11.1 Å². The Hall–Kier alpha value is -1.09. The summed E-state index contributed by atoms with van der Waals surface area (Å²) in [5.74, 6) is -0.956. The van der Waals surface area contributed by atoms with Crippen LogP contribution >= 0.6 is 11.3 Å². The molecule has 0 aliphatic rings. The Morgan fingerprint density at radius 2 is 2.27 bits per heavy atom. The van der Waals surface area contributed by atoms with Crippen LogP contribution in [0.3, 0.4) is 0 Å². The molecule has 60 valence electrons. The highest BCUT2D eigenvalue weighted by molar-refractivity contribution is 7.11. The van der Waals surface area contributed by atoms with E-state index in [0.29, 0.717) is 4.88 Å². The maximum absolute atomic E-state index is 10.3. The molecule has 0 amide bonds. The monoisotopic (exact) mass is 170 g/mol. The van der Waals surface area contributed by atoms with Gasteiger partial charge in [0.05, 0.1) is 5.57 Å². The van der Waals surface area contributed by atoms with Crippen LogP contribution in [-0.2, 0) is 4.79 Å². The molecule has 0 saturated heterocycles. The molecular formula is C8H10O2S. The normalized spacial score (nSPS) is 8.36. The molecule has 11 heavy (non-hydrogen) atoms. The van der Waals surface area contributed by atoms with Gasteiger partial charge in [-0.05, 0) is 11.4 Å². The molecule has 0 aliphatic heterocycles. The molecular weight excluding hydrogens is 160 g/mol. The zero-order chi connectivity index (χ0) is 7.56. The third kappa shape index (κ3) is 2.20. The molecule has 0 fully saturated rings. The van der Waals surface area contributed by atoms with Crippen LogP contribution in [0.1, 0.15) is 12.3 Å². The molecule has 1 rings (SSSR count). The number of carboxylic acid groups (broad SMARTS) is 1. The van der Waals surface area contributed by atoms with Crippen molar-refractivity contribution in [2.75, 3.05) is 0 Å². The van der Waals surface area contributed by atoms with Gasteiger partial charge < -0.3 is 5.11 Å². The van der Waals surface area contributed by atoms with Crippen LogP contribution in [0.4, 0.5) is 0 Å². The van der Waals surface area contributed by atoms with E-state index in [-0.39, 0.29) is 13.0 Å². The van der Waals surface area contributed by atoms with Crippen molar-refractivity contribution in [2.45, 2.75) is 7.43 Å². The van der Waals surface area contributed by atoms with Gasteiger partial charge in [-0.25, -0.2) is 4.79 Å². The van der Waals surface area contributed by atoms with E-state index in [1.54, 1.807) is 12.1 Å². The summed E-state index contributed by atoms with van der Waals surface area (Å²) < 4.78 is 0. The lowest BCUT2D eigenvalue weighted by Gasteiger charge is -1.91. The first-order chi connectivity index (χ1) is 4.72. The van der Waals surface area contributed by atoms with E-state index in [9.17, 15) is 4.79 Å². The number of aliphatic carboxylic acids is 1. The van der Waals surface area contributed by atoms with E-state index in [4.69, 9.17) is 5.11 Å². The number of thiophene rings is 1. The van der Waals surface area contributed by atoms with Crippen molar-refractivity contribution in [2.24, 2.45) is 0 Å². The zero-order valence-electron chi connectivity index (χ0n) is 5.20. The Kier molecular flexibility index (Phi) is 3.54. The van der Waals surface area contributed by atoms with Gasteiger partial charge in [-0.1, -0.05) is 20.1 Å². The summed E-state index contributed by atoms with van der Waals surface area (Å²) in [7, 11) is 0. The Balaban J connectivity index is 0.000001000. The minimum absolute atomic E-state index is 0. The van der Waals surface area contributed by atoms with Gasteiger partial charge in [0, 0.05) is 4.88 Å². The van der Waals surface area contributed by atoms with Crippen molar-refractivity contribution >= 4 is 22.9 Å². The van der Waals surface area contributed by atoms with Gasteiger partial charge >= 0.3 is 5.97 Å². The van der Waals surface area contributed by atoms with Crippen LogP contribution < -0.4 is 0 Å². The fraction of sp³-hybridized carbons (Fsp3) is 0.125. The molecule has 1 N–H and O–H groups in total. The van der Waals surface area contributed by atoms with Crippen LogP contribution in [0, 0.1) is 0 Å². The molecule has 0 unspecified atom stereocenters. The SMILES string of the molecule is C.C=C(C(=O)O)c1cccs1. The average Bonchev–Trinajstić information content (AvgIpc) is 2.36. The number of hydrogen-bond donors (Lipinski definition) is 1. The first-order valence-corrected chi connectivity index (χ1v) is 3.56. The molecule has 0 radical (unpaired) electrons. The van der Waals surface area contributed by atoms with Crippen molar-refractivity contribution in [3.05, 3.63) is 29.0 Å². The molecule has 0 aromatic carbocycles. The van der Waals surface area contributed by atoms with Gasteiger partial charge in [0.1, 0.15) is 0 Å². The van der Waals surface area contributed by atoms with Crippen molar-refractivity contribution in [1.82, 2.24) is 0 Å². The predicted molar refractivity (Wildman–Crippen MR) is 47.7 cm³/mol. The Morgan fingerprint density at radius 1 is 1.64 bits per heavy atom. The minimum Gasteiger partial charge on any atom is -0.478 e. The quantitative estimate of drug-likeness (QED) is 0.692. The molecule has 0 saturated carbocycles. The highest BCUT2D eigenvalue weighted by Crippen LogP contribution is 2.17. The van der Waals surface area contributed by atoms with Crippen molar-refractivity contribution in [3.8, 4) is 0 Å². The smallest absolute Gasteiger partial charge is 0.336 e. The summed E-state index contributed by atoms with van der Waals surface area (Å²) in [6.07, 6.45) is 0. The van der Waals surface area contributed by atoms with E-state index in [0.717, 1.165) is 0 Å². The summed E-state index contributed by atoms with van der Waals surface area (Å²) in [6, 6.07) is 3.54. The molecule has 0 aliphatic carbocycles. The maximum Gasteiger partial charge on any atom is 0.336 e. The van der Waals surface area contributed by atoms with Gasteiger partial charge in [-0.2, -0.15) is 0 Å². The molecule has 0 atom stereocenters. The summed E-state index contributed by atoms with van der Waals surface area (Å²) >= 11 is 1.38. The van der Waals surface area contributed by atoms with Gasteiger partial charge in [-0.3, -0.25) is 0 Å². The van der Waals surface area contributed by atoms with E-state index in [1.807, 2.05) is 5.38 Å². The van der Waals surface area contributed by atoms with E-state index >= 15 is 0 Å². The van der Waals surface area contributed by atoms with Crippen molar-refractivity contribution < 1.29 is 9.90 Å². The standard InChI is InChI=1S/C7H6O2S.CH4/c1-5(7(8)9)6-3-2-4-10-6;/h2-4H,1H2,(H,8,9);1H4. The number of hydrogen-bond acceptors (Lipinski definition) is 2. The lowest BCUT2D eigenvalue weighted by Crippen LogP contribution is -1.94. The highest BCUT2D eigenvalue weighted by Gasteiger charge is 2.06. The number of rotatable bonds is 2. The lowest BCUT2D eigenvalue weighted by molar-refractivity contribution is -0.130. The largest absolute Gasteiger partial charge is 0.478 e. The summed E-state index contributed by atoms with van der Waals surface area (Å²) in [6.45, 7) is 3.41. The average molecular weight is 170 g/mol. The molecule has 0 bridgehead atoms. The van der Waals surface area contributed by atoms with Crippen LogP contribution in [0.5, 0.6) is 0 Å².